The second-order valence-electron chi connectivity index (χ2n) is 5.08. The molecule has 6 nitrogen and oxygen atoms in total. The molecule has 1 heterocycles. The van der Waals surface area contributed by atoms with Crippen molar-refractivity contribution in [1.82, 2.24) is 20.2 Å². The third-order valence-electron chi connectivity index (χ3n) is 3.22. The van der Waals surface area contributed by atoms with Crippen LogP contribution in [-0.4, -0.2) is 33.1 Å². The number of hydrogen-bond donors (Lipinski definition) is 2. The summed E-state index contributed by atoms with van der Waals surface area (Å²) in [5, 5.41) is 8.89. The maximum atomic E-state index is 12.5. The Kier molecular flexibility index (Phi) is 5.71. The van der Waals surface area contributed by atoms with Crippen molar-refractivity contribution in [2.75, 3.05) is 18.1 Å². The summed E-state index contributed by atoms with van der Waals surface area (Å²) in [7, 11) is 0. The van der Waals surface area contributed by atoms with Gasteiger partial charge < -0.3 is 11.2 Å². The van der Waals surface area contributed by atoms with Crippen LogP contribution >= 0.6 is 11.8 Å². The van der Waals surface area contributed by atoms with Gasteiger partial charge in [0.15, 0.2) is 0 Å². The van der Waals surface area contributed by atoms with Crippen molar-refractivity contribution in [3.63, 3.8) is 0 Å². The van der Waals surface area contributed by atoms with Crippen LogP contribution in [0.1, 0.15) is 24.2 Å². The Hall–Kier alpha value is -2.23. The molecule has 0 unspecified atom stereocenters. The molecule has 0 aliphatic heterocycles. The number of thioether (sulfide) groups is 1. The molecule has 0 spiro atoms. The van der Waals surface area contributed by atoms with Crippen LogP contribution in [0.5, 0.6) is 0 Å². The molecular weight excluding hydrogens is 343 g/mol. The first-order chi connectivity index (χ1) is 11.3. The number of alkyl halides is 3. The molecule has 2 aromatic rings. The second kappa shape index (κ2) is 7.56. The highest BCUT2D eigenvalue weighted by Gasteiger charge is 2.38. The molecule has 1 amide bonds. The molecule has 3 N–H and O–H groups in total. The molecule has 24 heavy (non-hydrogen) atoms. The molecule has 1 aromatic heterocycles. The number of rotatable bonds is 6. The Morgan fingerprint density at radius 1 is 1.33 bits per heavy atom. The lowest BCUT2D eigenvalue weighted by Gasteiger charge is -2.12. The summed E-state index contributed by atoms with van der Waals surface area (Å²) in [5.41, 5.74) is 1.09. The number of nitrogens with zero attached hydrogens (tertiary/aromatic N) is 3. The third kappa shape index (κ3) is 4.63. The SMILES string of the molecule is C[C@@H](CNC(=O)CSc1nnc(C(F)(F)F)n1N)c1ccccc1. The lowest BCUT2D eigenvalue weighted by atomic mass is 10.0. The summed E-state index contributed by atoms with van der Waals surface area (Å²) in [4.78, 5) is 11.8. The number of benzene rings is 1. The summed E-state index contributed by atoms with van der Waals surface area (Å²) in [6.45, 7) is 2.39. The Balaban J connectivity index is 1.83. The summed E-state index contributed by atoms with van der Waals surface area (Å²) in [6.07, 6.45) is -4.69. The van der Waals surface area contributed by atoms with Gasteiger partial charge in [0, 0.05) is 6.54 Å². The van der Waals surface area contributed by atoms with Crippen LogP contribution in [0.3, 0.4) is 0 Å². The van der Waals surface area contributed by atoms with E-state index in [4.69, 9.17) is 5.84 Å². The molecule has 2 rings (SSSR count). The van der Waals surface area contributed by atoms with Gasteiger partial charge in [0.1, 0.15) is 0 Å². The molecule has 0 aliphatic rings. The topological polar surface area (TPSA) is 85.8 Å². The first-order valence-electron chi connectivity index (χ1n) is 7.01. The normalized spacial score (nSPS) is 12.8. The number of aromatic nitrogens is 3. The number of amides is 1. The van der Waals surface area contributed by atoms with E-state index in [2.05, 4.69) is 15.5 Å². The quantitative estimate of drug-likeness (QED) is 0.609. The van der Waals surface area contributed by atoms with E-state index in [9.17, 15) is 18.0 Å². The van der Waals surface area contributed by atoms with E-state index in [0.29, 0.717) is 11.2 Å². The molecule has 0 aliphatic carbocycles. The number of nitrogens with two attached hydrogens (primary N) is 1. The van der Waals surface area contributed by atoms with Crippen LogP contribution in [0.25, 0.3) is 0 Å². The minimum absolute atomic E-state index is 0.102. The van der Waals surface area contributed by atoms with Crippen molar-refractivity contribution in [2.45, 2.75) is 24.2 Å². The molecule has 0 radical (unpaired) electrons. The molecule has 0 fully saturated rings. The zero-order valence-corrected chi connectivity index (χ0v) is 13.6. The highest BCUT2D eigenvalue weighted by molar-refractivity contribution is 7.99. The number of halogens is 3. The number of hydrogen-bond acceptors (Lipinski definition) is 5. The van der Waals surface area contributed by atoms with Gasteiger partial charge in [0.2, 0.25) is 11.1 Å². The minimum atomic E-state index is -4.69. The smallest absolute Gasteiger partial charge is 0.355 e. The Bertz CT molecular complexity index is 689. The standard InChI is InChI=1S/C14H16F3N5OS/c1-9(10-5-3-2-4-6-10)7-19-11(23)8-24-13-21-20-12(22(13)18)14(15,16)17/h2-6,9H,7-8,18H2,1H3,(H,19,23)/t9-/m0/s1. The van der Waals surface area contributed by atoms with E-state index in [1.165, 1.54) is 0 Å². The lowest BCUT2D eigenvalue weighted by Crippen LogP contribution is -2.29. The van der Waals surface area contributed by atoms with Crippen LogP contribution in [0, 0.1) is 0 Å². The van der Waals surface area contributed by atoms with Crippen LogP contribution in [-0.2, 0) is 11.0 Å². The Morgan fingerprint density at radius 3 is 2.58 bits per heavy atom. The predicted octanol–water partition coefficient (Wildman–Crippen LogP) is 2.02. The molecule has 0 bridgehead atoms. The predicted molar refractivity (Wildman–Crippen MR) is 83.8 cm³/mol. The average Bonchev–Trinajstić information content (AvgIpc) is 2.92. The van der Waals surface area contributed by atoms with E-state index in [-0.39, 0.29) is 22.7 Å². The third-order valence-corrected chi connectivity index (χ3v) is 4.17. The fourth-order valence-corrected chi connectivity index (χ4v) is 2.60. The zero-order chi connectivity index (χ0) is 17.7. The van der Waals surface area contributed by atoms with Crippen LogP contribution < -0.4 is 11.2 Å². The van der Waals surface area contributed by atoms with Crippen molar-refractivity contribution in [3.8, 4) is 0 Å². The Labute approximate surface area is 140 Å². The molecule has 0 saturated carbocycles. The number of carbonyl (C=O) groups is 1. The van der Waals surface area contributed by atoms with Crippen molar-refractivity contribution in [3.05, 3.63) is 41.7 Å². The van der Waals surface area contributed by atoms with Gasteiger partial charge in [0.05, 0.1) is 5.75 Å². The van der Waals surface area contributed by atoms with Crippen molar-refractivity contribution >= 4 is 17.7 Å². The van der Waals surface area contributed by atoms with Gasteiger partial charge in [-0.2, -0.15) is 13.2 Å². The van der Waals surface area contributed by atoms with Crippen LogP contribution in [0.15, 0.2) is 35.5 Å². The lowest BCUT2D eigenvalue weighted by molar-refractivity contribution is -0.146. The number of carbonyl (C=O) groups excluding carboxylic acids is 1. The summed E-state index contributed by atoms with van der Waals surface area (Å²) in [5.74, 6) is 3.69. The summed E-state index contributed by atoms with van der Waals surface area (Å²) < 4.78 is 38.0. The second-order valence-corrected chi connectivity index (χ2v) is 6.02. The molecule has 1 aromatic carbocycles. The molecule has 0 saturated heterocycles. The van der Waals surface area contributed by atoms with E-state index < -0.39 is 12.0 Å². The number of nitrogens with one attached hydrogen (secondary N) is 1. The first kappa shape index (κ1) is 18.1. The highest BCUT2D eigenvalue weighted by atomic mass is 32.2. The van der Waals surface area contributed by atoms with Crippen LogP contribution in [0.4, 0.5) is 13.2 Å². The average molecular weight is 359 g/mol. The summed E-state index contributed by atoms with van der Waals surface area (Å²) in [6, 6.07) is 9.65. The molecule has 130 valence electrons. The van der Waals surface area contributed by atoms with Gasteiger partial charge in [-0.25, -0.2) is 4.68 Å². The van der Waals surface area contributed by atoms with Crippen molar-refractivity contribution in [1.29, 1.82) is 0 Å². The fraction of sp³-hybridized carbons (Fsp3) is 0.357. The largest absolute Gasteiger partial charge is 0.453 e. The molecular formula is C14H16F3N5OS. The first-order valence-corrected chi connectivity index (χ1v) is 7.99. The zero-order valence-electron chi connectivity index (χ0n) is 12.7. The number of nitrogen functional groups attached to an aromatic ring is 1. The maximum Gasteiger partial charge on any atom is 0.453 e. The maximum absolute atomic E-state index is 12.5. The van der Waals surface area contributed by atoms with Gasteiger partial charge in [-0.1, -0.05) is 49.0 Å². The minimum Gasteiger partial charge on any atom is -0.355 e. The van der Waals surface area contributed by atoms with Crippen molar-refractivity contribution in [2.24, 2.45) is 0 Å². The van der Waals surface area contributed by atoms with Gasteiger partial charge in [-0.15, -0.1) is 10.2 Å². The molecule has 10 heteroatoms. The summed E-state index contributed by atoms with van der Waals surface area (Å²) >= 11 is 0.792. The van der Waals surface area contributed by atoms with Gasteiger partial charge in [0.25, 0.3) is 5.82 Å². The highest BCUT2D eigenvalue weighted by Crippen LogP contribution is 2.28. The van der Waals surface area contributed by atoms with E-state index in [1.54, 1.807) is 0 Å². The fourth-order valence-electron chi connectivity index (χ4n) is 1.92. The van der Waals surface area contributed by atoms with Gasteiger partial charge in [-0.3, -0.25) is 4.79 Å². The van der Waals surface area contributed by atoms with Crippen molar-refractivity contribution < 1.29 is 18.0 Å². The monoisotopic (exact) mass is 359 g/mol. The van der Waals surface area contributed by atoms with E-state index >= 15 is 0 Å². The van der Waals surface area contributed by atoms with Gasteiger partial charge in [-0.05, 0) is 11.5 Å². The Morgan fingerprint density at radius 2 is 2.00 bits per heavy atom. The van der Waals surface area contributed by atoms with Crippen LogP contribution in [0.2, 0.25) is 0 Å². The van der Waals surface area contributed by atoms with E-state index in [0.717, 1.165) is 17.3 Å². The molecule has 1 atom stereocenters. The van der Waals surface area contributed by atoms with Gasteiger partial charge >= 0.3 is 6.18 Å². The van der Waals surface area contributed by atoms with E-state index in [1.807, 2.05) is 37.3 Å².